The minimum absolute atomic E-state index is 0.214. The fraction of sp³-hybridized carbons (Fsp3) is 0.929. The predicted molar refractivity (Wildman–Crippen MR) is 69.3 cm³/mol. The van der Waals surface area contributed by atoms with Gasteiger partial charge in [0.2, 0.25) is 0 Å². The molecular formula is C14H26NO3. The van der Waals surface area contributed by atoms with Crippen LogP contribution in [-0.4, -0.2) is 28.2 Å². The van der Waals surface area contributed by atoms with Crippen molar-refractivity contribution in [1.82, 2.24) is 5.06 Å². The van der Waals surface area contributed by atoms with Gasteiger partial charge in [-0.15, -0.1) is 10.3 Å². The zero-order valence-corrected chi connectivity index (χ0v) is 12.7. The highest BCUT2D eigenvalue weighted by molar-refractivity contribution is 5.76. The molecule has 0 amide bonds. The Morgan fingerprint density at radius 3 is 2.17 bits per heavy atom. The summed E-state index contributed by atoms with van der Waals surface area (Å²) in [6.45, 7) is 13.2. The first-order valence-electron chi connectivity index (χ1n) is 6.63. The molecule has 1 atom stereocenters. The summed E-state index contributed by atoms with van der Waals surface area (Å²) in [7, 11) is 0. The van der Waals surface area contributed by atoms with Gasteiger partial charge >= 0.3 is 5.97 Å². The number of carbonyl (C=O) groups excluding carboxylic acids is 1. The van der Waals surface area contributed by atoms with E-state index in [1.165, 1.54) is 0 Å². The number of nitrogens with zero attached hydrogens (tertiary/aromatic N) is 1. The maximum Gasteiger partial charge on any atom is 0.311 e. The van der Waals surface area contributed by atoms with E-state index in [0.717, 1.165) is 11.5 Å². The number of hydrogen-bond donors (Lipinski definition) is 0. The third-order valence-electron chi connectivity index (χ3n) is 4.23. The summed E-state index contributed by atoms with van der Waals surface area (Å²) >= 11 is 0. The molecule has 1 heterocycles. The van der Waals surface area contributed by atoms with Gasteiger partial charge in [-0.3, -0.25) is 4.79 Å². The fourth-order valence-electron chi connectivity index (χ4n) is 2.32. The molecule has 0 saturated carbocycles. The van der Waals surface area contributed by atoms with E-state index in [1.54, 1.807) is 0 Å². The van der Waals surface area contributed by atoms with Crippen LogP contribution in [0.15, 0.2) is 0 Å². The van der Waals surface area contributed by atoms with Crippen LogP contribution in [0.1, 0.15) is 61.3 Å². The van der Waals surface area contributed by atoms with Crippen molar-refractivity contribution in [2.75, 3.05) is 0 Å². The number of rotatable bonds is 3. The highest BCUT2D eigenvalue weighted by Crippen LogP contribution is 2.42. The monoisotopic (exact) mass is 256 g/mol. The third-order valence-corrected chi connectivity index (χ3v) is 4.23. The molecule has 4 heteroatoms. The molecule has 1 aliphatic rings. The maximum absolute atomic E-state index is 12.2. The van der Waals surface area contributed by atoms with E-state index in [-0.39, 0.29) is 12.1 Å². The van der Waals surface area contributed by atoms with Crippen LogP contribution >= 0.6 is 0 Å². The SMILES string of the molecule is CCC(C)(C)C(=O)OC1CC(C)(C)N([O])C1(C)C. The molecule has 18 heavy (non-hydrogen) atoms. The van der Waals surface area contributed by atoms with Crippen LogP contribution < -0.4 is 0 Å². The lowest BCUT2D eigenvalue weighted by atomic mass is 9.90. The van der Waals surface area contributed by atoms with E-state index in [1.807, 2.05) is 48.5 Å². The molecule has 0 N–H and O–H groups in total. The summed E-state index contributed by atoms with van der Waals surface area (Å²) < 4.78 is 5.61. The quantitative estimate of drug-likeness (QED) is 0.729. The van der Waals surface area contributed by atoms with Crippen LogP contribution in [0, 0.1) is 5.41 Å². The summed E-state index contributed by atoms with van der Waals surface area (Å²) in [5.41, 5.74) is -1.63. The van der Waals surface area contributed by atoms with Crippen molar-refractivity contribution in [3.05, 3.63) is 0 Å². The minimum Gasteiger partial charge on any atom is -0.460 e. The Morgan fingerprint density at radius 1 is 1.33 bits per heavy atom. The highest BCUT2D eigenvalue weighted by atomic mass is 16.6. The first kappa shape index (κ1) is 15.4. The van der Waals surface area contributed by atoms with Gasteiger partial charge in [0.25, 0.3) is 0 Å². The lowest BCUT2D eigenvalue weighted by Crippen LogP contribution is -2.49. The van der Waals surface area contributed by atoms with Crippen LogP contribution in [0.3, 0.4) is 0 Å². The van der Waals surface area contributed by atoms with Gasteiger partial charge in [-0.05, 0) is 48.0 Å². The fourth-order valence-corrected chi connectivity index (χ4v) is 2.32. The summed E-state index contributed by atoms with van der Waals surface area (Å²) in [5.74, 6) is -0.214. The van der Waals surface area contributed by atoms with Gasteiger partial charge in [-0.25, -0.2) is 0 Å². The molecule has 0 aromatic carbocycles. The Kier molecular flexibility index (Phi) is 3.86. The molecule has 0 spiro atoms. The molecule has 4 nitrogen and oxygen atoms in total. The lowest BCUT2D eigenvalue weighted by Gasteiger charge is -2.34. The van der Waals surface area contributed by atoms with E-state index in [0.29, 0.717) is 6.42 Å². The van der Waals surface area contributed by atoms with Crippen molar-refractivity contribution in [2.24, 2.45) is 5.41 Å². The van der Waals surface area contributed by atoms with Gasteiger partial charge in [0, 0.05) is 12.0 Å². The first-order valence-corrected chi connectivity index (χ1v) is 6.63. The molecule has 1 unspecified atom stereocenters. The van der Waals surface area contributed by atoms with E-state index in [9.17, 15) is 10.0 Å². The zero-order chi connectivity index (χ0) is 14.4. The van der Waals surface area contributed by atoms with Crippen molar-refractivity contribution >= 4 is 5.97 Å². The Bertz CT molecular complexity index is 334. The van der Waals surface area contributed by atoms with E-state index >= 15 is 0 Å². The largest absolute Gasteiger partial charge is 0.460 e. The number of carbonyl (C=O) groups is 1. The predicted octanol–water partition coefficient (Wildman–Crippen LogP) is 2.94. The van der Waals surface area contributed by atoms with E-state index < -0.39 is 16.5 Å². The van der Waals surface area contributed by atoms with Crippen LogP contribution in [0.5, 0.6) is 0 Å². The molecule has 1 saturated heterocycles. The molecule has 1 rings (SSSR count). The average Bonchev–Trinajstić information content (AvgIpc) is 2.39. The van der Waals surface area contributed by atoms with Gasteiger partial charge in [0.1, 0.15) is 6.10 Å². The maximum atomic E-state index is 12.2. The Hall–Kier alpha value is -0.610. The van der Waals surface area contributed by atoms with Crippen LogP contribution in [0.25, 0.3) is 0 Å². The minimum atomic E-state index is -0.664. The molecular weight excluding hydrogens is 230 g/mol. The second-order valence-electron chi connectivity index (χ2n) is 7.10. The topological polar surface area (TPSA) is 49.4 Å². The standard InChI is InChI=1S/C14H26NO3/c1-8-12(2,3)11(16)18-10-9-13(4,5)15(17)14(10,6)7/h10H,8-9H2,1-7H3. The van der Waals surface area contributed by atoms with Gasteiger partial charge in [0.05, 0.1) is 11.0 Å². The second-order valence-corrected chi connectivity index (χ2v) is 7.10. The van der Waals surface area contributed by atoms with E-state index in [4.69, 9.17) is 4.74 Å². The molecule has 1 fully saturated rings. The van der Waals surface area contributed by atoms with Crippen LogP contribution in [-0.2, 0) is 14.7 Å². The molecule has 1 radical (unpaired) electrons. The first-order chi connectivity index (χ1) is 7.95. The molecule has 0 aliphatic carbocycles. The Morgan fingerprint density at radius 2 is 1.83 bits per heavy atom. The van der Waals surface area contributed by atoms with Gasteiger partial charge < -0.3 is 4.74 Å². The summed E-state index contributed by atoms with van der Waals surface area (Å²) in [6, 6.07) is 0. The second kappa shape index (κ2) is 4.49. The normalized spacial score (nSPS) is 27.2. The molecule has 1 aliphatic heterocycles. The van der Waals surface area contributed by atoms with Crippen molar-refractivity contribution in [2.45, 2.75) is 78.5 Å². The molecule has 0 aromatic rings. The van der Waals surface area contributed by atoms with Crippen LogP contribution in [0.4, 0.5) is 0 Å². The Balaban J connectivity index is 2.84. The smallest absolute Gasteiger partial charge is 0.311 e. The van der Waals surface area contributed by atoms with Crippen molar-refractivity contribution in [3.8, 4) is 0 Å². The number of hydrogen-bond acceptors (Lipinski definition) is 3. The van der Waals surface area contributed by atoms with Gasteiger partial charge in [-0.1, -0.05) is 6.92 Å². The van der Waals surface area contributed by atoms with Gasteiger partial charge in [0.15, 0.2) is 0 Å². The summed E-state index contributed by atoms with van der Waals surface area (Å²) in [5, 5.41) is 13.3. The van der Waals surface area contributed by atoms with Gasteiger partial charge in [-0.2, -0.15) is 0 Å². The summed E-state index contributed by atoms with van der Waals surface area (Å²) in [4.78, 5) is 12.1. The summed E-state index contributed by atoms with van der Waals surface area (Å²) in [6.07, 6.45) is 0.960. The molecule has 0 aromatic heterocycles. The zero-order valence-electron chi connectivity index (χ0n) is 12.7. The van der Waals surface area contributed by atoms with Crippen molar-refractivity contribution < 1.29 is 14.7 Å². The molecule has 0 bridgehead atoms. The number of esters is 1. The number of hydroxylamine groups is 2. The average molecular weight is 256 g/mol. The lowest BCUT2D eigenvalue weighted by molar-refractivity contribution is -0.253. The van der Waals surface area contributed by atoms with Crippen molar-refractivity contribution in [1.29, 1.82) is 0 Å². The third kappa shape index (κ3) is 2.54. The molecule has 105 valence electrons. The van der Waals surface area contributed by atoms with Crippen molar-refractivity contribution in [3.63, 3.8) is 0 Å². The Labute approximate surface area is 110 Å². The van der Waals surface area contributed by atoms with Crippen LogP contribution in [0.2, 0.25) is 0 Å². The van der Waals surface area contributed by atoms with E-state index in [2.05, 4.69) is 0 Å². The highest BCUT2D eigenvalue weighted by Gasteiger charge is 2.54. The number of ether oxygens (including phenoxy) is 1.